The Morgan fingerprint density at radius 2 is 1.65 bits per heavy atom. The molecule has 0 fully saturated rings. The van der Waals surface area contributed by atoms with E-state index in [0.717, 1.165) is 20.3 Å². The molecule has 0 heterocycles. The third-order valence-electron chi connectivity index (χ3n) is 2.52. The van der Waals surface area contributed by atoms with Gasteiger partial charge in [-0.2, -0.15) is 8.78 Å². The lowest BCUT2D eigenvalue weighted by Gasteiger charge is -2.19. The quantitative estimate of drug-likeness (QED) is 0.598. The smallest absolute Gasteiger partial charge is 0.312 e. The molecule has 0 radical (unpaired) electrons. The third-order valence-corrected chi connectivity index (χ3v) is 4.31. The van der Waals surface area contributed by atoms with Crippen LogP contribution < -0.4 is 0 Å². The number of halogens is 4. The fourth-order valence-electron chi connectivity index (χ4n) is 1.42. The standard InChI is InChI=1S/C11H11F4O4P/c1-18-20(17,19-2)6-9(16)11(14,15)10-7(12)4-3-5-8(10)13/h3-5H,6H2,1-2H3. The summed E-state index contributed by atoms with van der Waals surface area (Å²) in [5.41, 5.74) is -1.69. The summed E-state index contributed by atoms with van der Waals surface area (Å²) in [6.45, 7) is 0. The zero-order chi connectivity index (χ0) is 15.6. The van der Waals surface area contributed by atoms with Crippen molar-refractivity contribution in [2.24, 2.45) is 0 Å². The van der Waals surface area contributed by atoms with Gasteiger partial charge in [0.2, 0.25) is 5.78 Å². The average Bonchev–Trinajstić information content (AvgIpc) is 2.38. The first kappa shape index (κ1) is 16.8. The van der Waals surface area contributed by atoms with Crippen molar-refractivity contribution in [3.05, 3.63) is 35.4 Å². The van der Waals surface area contributed by atoms with E-state index in [9.17, 15) is 26.9 Å². The molecule has 0 atom stereocenters. The molecule has 1 rings (SSSR count). The molecule has 0 aliphatic heterocycles. The van der Waals surface area contributed by atoms with Gasteiger partial charge in [0.25, 0.3) is 0 Å². The zero-order valence-electron chi connectivity index (χ0n) is 10.5. The Hall–Kier alpha value is -1.24. The SMILES string of the molecule is COP(=O)(CC(=O)C(F)(F)c1c(F)cccc1F)OC. The molecule has 0 amide bonds. The van der Waals surface area contributed by atoms with Crippen LogP contribution in [0.3, 0.4) is 0 Å². The van der Waals surface area contributed by atoms with Gasteiger partial charge < -0.3 is 9.05 Å². The Kier molecular flexibility index (Phi) is 5.07. The molecule has 20 heavy (non-hydrogen) atoms. The average molecular weight is 314 g/mol. The number of Topliss-reactive ketones (excluding diaryl/α,β-unsaturated/α-hetero) is 1. The van der Waals surface area contributed by atoms with Crippen molar-refractivity contribution < 1.29 is 36.0 Å². The second kappa shape index (κ2) is 6.03. The molecule has 9 heteroatoms. The molecule has 0 aliphatic carbocycles. The van der Waals surface area contributed by atoms with E-state index in [1.54, 1.807) is 0 Å². The second-order valence-electron chi connectivity index (χ2n) is 3.73. The second-order valence-corrected chi connectivity index (χ2v) is 6.00. The van der Waals surface area contributed by atoms with Gasteiger partial charge in [-0.1, -0.05) is 6.07 Å². The summed E-state index contributed by atoms with van der Waals surface area (Å²) < 4.78 is 74.5. The molecule has 0 aliphatic rings. The Labute approximate surface area is 112 Å². The molecule has 0 spiro atoms. The molecule has 0 saturated carbocycles. The molecule has 0 N–H and O–H groups in total. The van der Waals surface area contributed by atoms with Crippen LogP contribution in [0.1, 0.15) is 5.56 Å². The first-order valence-electron chi connectivity index (χ1n) is 5.24. The number of rotatable bonds is 6. The van der Waals surface area contributed by atoms with Gasteiger partial charge in [0.05, 0.1) is 0 Å². The van der Waals surface area contributed by atoms with Gasteiger partial charge in [-0.05, 0) is 12.1 Å². The lowest BCUT2D eigenvalue weighted by atomic mass is 10.0. The maximum absolute atomic E-state index is 13.8. The number of hydrogen-bond donors (Lipinski definition) is 0. The first-order chi connectivity index (χ1) is 9.18. The fraction of sp³-hybridized carbons (Fsp3) is 0.364. The van der Waals surface area contributed by atoms with E-state index in [-0.39, 0.29) is 0 Å². The van der Waals surface area contributed by atoms with Gasteiger partial charge in [0.15, 0.2) is 0 Å². The highest BCUT2D eigenvalue weighted by Gasteiger charge is 2.48. The number of alkyl halides is 2. The summed E-state index contributed by atoms with van der Waals surface area (Å²) in [5, 5.41) is 0. The Balaban J connectivity index is 3.17. The highest BCUT2D eigenvalue weighted by molar-refractivity contribution is 7.54. The minimum atomic E-state index is -4.48. The van der Waals surface area contributed by atoms with Crippen LogP contribution >= 0.6 is 7.60 Å². The first-order valence-corrected chi connectivity index (χ1v) is 6.97. The van der Waals surface area contributed by atoms with E-state index < -0.39 is 42.7 Å². The Bertz CT molecular complexity index is 533. The van der Waals surface area contributed by atoms with Gasteiger partial charge in [0.1, 0.15) is 23.4 Å². The van der Waals surface area contributed by atoms with Gasteiger partial charge in [0, 0.05) is 14.2 Å². The van der Waals surface area contributed by atoms with Crippen LogP contribution in [0.2, 0.25) is 0 Å². The van der Waals surface area contributed by atoms with Crippen molar-refractivity contribution in [1.29, 1.82) is 0 Å². The molecule has 4 nitrogen and oxygen atoms in total. The molecule has 1 aromatic rings. The van der Waals surface area contributed by atoms with E-state index in [2.05, 4.69) is 9.05 Å². The molecular formula is C11H11F4O4P. The van der Waals surface area contributed by atoms with E-state index in [0.29, 0.717) is 12.1 Å². The normalized spacial score (nSPS) is 12.5. The summed E-state index contributed by atoms with van der Waals surface area (Å²) >= 11 is 0. The third kappa shape index (κ3) is 3.26. The molecule has 112 valence electrons. The summed E-state index contributed by atoms with van der Waals surface area (Å²) in [6.07, 6.45) is -1.30. The van der Waals surface area contributed by atoms with Crippen molar-refractivity contribution in [2.75, 3.05) is 20.4 Å². The van der Waals surface area contributed by atoms with Gasteiger partial charge in [-0.15, -0.1) is 0 Å². The van der Waals surface area contributed by atoms with Crippen LogP contribution in [0.4, 0.5) is 17.6 Å². The van der Waals surface area contributed by atoms with E-state index in [4.69, 9.17) is 0 Å². The minimum absolute atomic E-state index is 0.589. The number of carbonyl (C=O) groups is 1. The van der Waals surface area contributed by atoms with E-state index in [1.807, 2.05) is 0 Å². The predicted molar refractivity (Wildman–Crippen MR) is 61.8 cm³/mol. The Morgan fingerprint density at radius 1 is 1.20 bits per heavy atom. The van der Waals surface area contributed by atoms with E-state index in [1.165, 1.54) is 0 Å². The van der Waals surface area contributed by atoms with E-state index >= 15 is 0 Å². The van der Waals surface area contributed by atoms with Gasteiger partial charge in [-0.3, -0.25) is 9.36 Å². The van der Waals surface area contributed by atoms with Crippen molar-refractivity contribution in [2.45, 2.75) is 5.92 Å². The van der Waals surface area contributed by atoms with Crippen molar-refractivity contribution in [3.63, 3.8) is 0 Å². The number of hydrogen-bond acceptors (Lipinski definition) is 4. The number of benzene rings is 1. The summed E-state index contributed by atoms with van der Waals surface area (Å²) in [5.74, 6) is -9.60. The van der Waals surface area contributed by atoms with Crippen LogP contribution in [0.15, 0.2) is 18.2 Å². The van der Waals surface area contributed by atoms with Crippen molar-refractivity contribution in [3.8, 4) is 0 Å². The lowest BCUT2D eigenvalue weighted by Crippen LogP contribution is -2.31. The highest BCUT2D eigenvalue weighted by atomic mass is 31.2. The predicted octanol–water partition coefficient (Wildman–Crippen LogP) is 3.11. The Morgan fingerprint density at radius 3 is 2.05 bits per heavy atom. The summed E-state index contributed by atoms with van der Waals surface area (Å²) in [4.78, 5) is 11.5. The topological polar surface area (TPSA) is 52.6 Å². The van der Waals surface area contributed by atoms with Crippen molar-refractivity contribution >= 4 is 13.4 Å². The van der Waals surface area contributed by atoms with Gasteiger partial charge in [-0.25, -0.2) is 8.78 Å². The van der Waals surface area contributed by atoms with Crippen LogP contribution in [-0.2, 0) is 24.3 Å². The molecule has 0 unspecified atom stereocenters. The van der Waals surface area contributed by atoms with Crippen molar-refractivity contribution in [1.82, 2.24) is 0 Å². The minimum Gasteiger partial charge on any atom is -0.312 e. The maximum atomic E-state index is 13.8. The molecule has 0 saturated heterocycles. The molecule has 0 bridgehead atoms. The summed E-state index contributed by atoms with van der Waals surface area (Å²) in [7, 11) is -2.25. The number of carbonyl (C=O) groups excluding carboxylic acids is 1. The fourth-order valence-corrected chi connectivity index (χ4v) is 2.37. The largest absolute Gasteiger partial charge is 0.337 e. The van der Waals surface area contributed by atoms with Crippen LogP contribution in [0.5, 0.6) is 0 Å². The molecule has 1 aromatic carbocycles. The number of ketones is 1. The monoisotopic (exact) mass is 314 g/mol. The molecular weight excluding hydrogens is 303 g/mol. The van der Waals surface area contributed by atoms with Crippen LogP contribution in [0.25, 0.3) is 0 Å². The summed E-state index contributed by atoms with van der Waals surface area (Å²) in [6, 6.07) is 2.06. The van der Waals surface area contributed by atoms with Gasteiger partial charge >= 0.3 is 13.5 Å². The van der Waals surface area contributed by atoms with Crippen LogP contribution in [0, 0.1) is 11.6 Å². The highest BCUT2D eigenvalue weighted by Crippen LogP contribution is 2.48. The maximum Gasteiger partial charge on any atom is 0.337 e. The molecule has 0 aromatic heterocycles. The zero-order valence-corrected chi connectivity index (χ0v) is 11.4. The van der Waals surface area contributed by atoms with Crippen LogP contribution in [-0.4, -0.2) is 26.2 Å². The lowest BCUT2D eigenvalue weighted by molar-refractivity contribution is -0.142.